The molecule has 1 aliphatic heterocycles. The molecule has 3 rings (SSSR count). The Morgan fingerprint density at radius 1 is 1.26 bits per heavy atom. The molecule has 2 aromatic rings. The van der Waals surface area contributed by atoms with Gasteiger partial charge in [-0.2, -0.15) is 0 Å². The molecule has 1 N–H and O–H groups in total. The van der Waals surface area contributed by atoms with Gasteiger partial charge < -0.3 is 14.7 Å². The van der Waals surface area contributed by atoms with E-state index in [4.69, 9.17) is 27.7 Å². The van der Waals surface area contributed by atoms with E-state index in [2.05, 4.69) is 10.5 Å². The van der Waals surface area contributed by atoms with Crippen molar-refractivity contribution < 1.29 is 14.1 Å². The smallest absolute Gasteiger partial charge is 0.276 e. The van der Waals surface area contributed by atoms with Crippen LogP contribution >= 0.6 is 23.2 Å². The number of anilines is 1. The zero-order valence-electron chi connectivity index (χ0n) is 12.2. The van der Waals surface area contributed by atoms with Gasteiger partial charge in [-0.15, -0.1) is 0 Å². The van der Waals surface area contributed by atoms with E-state index >= 15 is 0 Å². The fourth-order valence-electron chi connectivity index (χ4n) is 2.26. The molecule has 2 amide bonds. The van der Waals surface area contributed by atoms with Crippen LogP contribution in [-0.2, 0) is 4.79 Å². The fraction of sp³-hybridized carbons (Fsp3) is 0.267. The van der Waals surface area contributed by atoms with Crippen LogP contribution in [0.15, 0.2) is 28.8 Å². The highest BCUT2D eigenvalue weighted by molar-refractivity contribution is 6.42. The predicted octanol–water partition coefficient (Wildman–Crippen LogP) is 3.00. The predicted molar refractivity (Wildman–Crippen MR) is 85.7 cm³/mol. The number of aryl methyl sites for hydroxylation is 1. The second-order valence-electron chi connectivity index (χ2n) is 5.35. The Morgan fingerprint density at radius 3 is 2.61 bits per heavy atom. The molecule has 1 aromatic carbocycles. The van der Waals surface area contributed by atoms with Gasteiger partial charge in [0.15, 0.2) is 5.69 Å². The number of carbonyl (C=O) groups excluding carboxylic acids is 2. The van der Waals surface area contributed by atoms with Gasteiger partial charge in [-0.3, -0.25) is 9.59 Å². The molecule has 0 bridgehead atoms. The number of rotatable bonds is 3. The second-order valence-corrected chi connectivity index (χ2v) is 6.16. The van der Waals surface area contributed by atoms with Crippen LogP contribution < -0.4 is 5.32 Å². The summed E-state index contributed by atoms with van der Waals surface area (Å²) in [6.07, 6.45) is 0. The van der Waals surface area contributed by atoms with Gasteiger partial charge in [0.2, 0.25) is 5.91 Å². The Hall–Kier alpha value is -2.05. The van der Waals surface area contributed by atoms with Crippen LogP contribution in [0.3, 0.4) is 0 Å². The van der Waals surface area contributed by atoms with E-state index in [1.165, 1.54) is 0 Å². The summed E-state index contributed by atoms with van der Waals surface area (Å²) >= 11 is 11.7. The lowest BCUT2D eigenvalue weighted by molar-refractivity contribution is -0.123. The number of halogens is 2. The van der Waals surface area contributed by atoms with Crippen molar-refractivity contribution in [1.29, 1.82) is 0 Å². The summed E-state index contributed by atoms with van der Waals surface area (Å²) in [5.41, 5.74) is 0.826. The van der Waals surface area contributed by atoms with Gasteiger partial charge in [-0.1, -0.05) is 28.4 Å². The molecule has 2 heterocycles. The number of nitrogens with one attached hydrogen (secondary N) is 1. The van der Waals surface area contributed by atoms with E-state index in [-0.39, 0.29) is 23.4 Å². The number of aromatic nitrogens is 1. The van der Waals surface area contributed by atoms with Crippen molar-refractivity contribution in [3.05, 3.63) is 45.8 Å². The largest absolute Gasteiger partial charge is 0.361 e. The minimum absolute atomic E-state index is 0.163. The third kappa shape index (κ3) is 3.33. The normalized spacial score (nSPS) is 14.5. The van der Waals surface area contributed by atoms with Crippen molar-refractivity contribution in [3.8, 4) is 0 Å². The molecule has 120 valence electrons. The van der Waals surface area contributed by atoms with Crippen molar-refractivity contribution in [1.82, 2.24) is 10.1 Å². The van der Waals surface area contributed by atoms with Crippen LogP contribution in [0.2, 0.25) is 10.0 Å². The van der Waals surface area contributed by atoms with E-state index in [1.54, 1.807) is 36.1 Å². The van der Waals surface area contributed by atoms with E-state index < -0.39 is 0 Å². The fourth-order valence-corrected chi connectivity index (χ4v) is 2.56. The quantitative estimate of drug-likeness (QED) is 0.920. The van der Waals surface area contributed by atoms with Crippen LogP contribution in [0.4, 0.5) is 5.69 Å². The zero-order chi connectivity index (χ0) is 16.6. The van der Waals surface area contributed by atoms with Crippen LogP contribution in [0.5, 0.6) is 0 Å². The number of nitrogens with zero attached hydrogens (tertiary/aromatic N) is 2. The molecule has 1 aromatic heterocycles. The number of hydrogen-bond acceptors (Lipinski definition) is 4. The number of hydrogen-bond donors (Lipinski definition) is 1. The molecule has 1 fully saturated rings. The van der Waals surface area contributed by atoms with Crippen LogP contribution in [0.1, 0.15) is 16.2 Å². The van der Waals surface area contributed by atoms with Gasteiger partial charge in [-0.05, 0) is 25.1 Å². The lowest BCUT2D eigenvalue weighted by Crippen LogP contribution is -2.54. The molecular weight excluding hydrogens is 341 g/mol. The number of carbonyl (C=O) groups is 2. The summed E-state index contributed by atoms with van der Waals surface area (Å²) in [7, 11) is 0. The lowest BCUT2D eigenvalue weighted by Gasteiger charge is -2.37. The average Bonchev–Trinajstić information content (AvgIpc) is 2.88. The van der Waals surface area contributed by atoms with Gasteiger partial charge in [0.05, 0.1) is 16.0 Å². The first-order chi connectivity index (χ1) is 10.9. The van der Waals surface area contributed by atoms with Crippen LogP contribution in [0, 0.1) is 12.8 Å². The van der Waals surface area contributed by atoms with Crippen LogP contribution in [0.25, 0.3) is 0 Å². The molecule has 0 unspecified atom stereocenters. The van der Waals surface area contributed by atoms with Crippen molar-refractivity contribution in [2.24, 2.45) is 5.92 Å². The maximum Gasteiger partial charge on any atom is 0.276 e. The van der Waals surface area contributed by atoms with Gasteiger partial charge in [0.1, 0.15) is 5.76 Å². The third-order valence-corrected chi connectivity index (χ3v) is 4.31. The Kier molecular flexibility index (Phi) is 4.28. The van der Waals surface area contributed by atoms with E-state index in [0.717, 1.165) is 0 Å². The molecule has 0 aliphatic carbocycles. The Balaban J connectivity index is 1.55. The minimum atomic E-state index is -0.263. The van der Waals surface area contributed by atoms with Gasteiger partial charge in [-0.25, -0.2) is 0 Å². The Labute approximate surface area is 142 Å². The third-order valence-electron chi connectivity index (χ3n) is 3.57. The summed E-state index contributed by atoms with van der Waals surface area (Å²) in [4.78, 5) is 25.8. The minimum Gasteiger partial charge on any atom is -0.361 e. The maximum absolute atomic E-state index is 12.1. The molecule has 6 nitrogen and oxygen atoms in total. The molecule has 0 spiro atoms. The maximum atomic E-state index is 12.1. The summed E-state index contributed by atoms with van der Waals surface area (Å²) in [6, 6.07) is 6.45. The van der Waals surface area contributed by atoms with Crippen molar-refractivity contribution >= 4 is 40.7 Å². The van der Waals surface area contributed by atoms with Crippen molar-refractivity contribution in [3.63, 3.8) is 0 Å². The molecule has 23 heavy (non-hydrogen) atoms. The van der Waals surface area contributed by atoms with Gasteiger partial charge >= 0.3 is 0 Å². The first kappa shape index (κ1) is 15.8. The van der Waals surface area contributed by atoms with Gasteiger partial charge in [0.25, 0.3) is 5.91 Å². The van der Waals surface area contributed by atoms with Crippen LogP contribution in [-0.4, -0.2) is 35.0 Å². The molecule has 8 heteroatoms. The number of likely N-dealkylation sites (tertiary alicyclic amines) is 1. The number of benzene rings is 1. The highest BCUT2D eigenvalue weighted by atomic mass is 35.5. The molecule has 1 saturated heterocycles. The summed E-state index contributed by atoms with van der Waals surface area (Å²) in [5.74, 6) is -0.0894. The first-order valence-electron chi connectivity index (χ1n) is 6.92. The average molecular weight is 354 g/mol. The monoisotopic (exact) mass is 353 g/mol. The first-order valence-corrected chi connectivity index (χ1v) is 7.68. The summed E-state index contributed by atoms with van der Waals surface area (Å²) < 4.78 is 4.88. The van der Waals surface area contributed by atoms with E-state index in [9.17, 15) is 9.59 Å². The van der Waals surface area contributed by atoms with Gasteiger partial charge in [0, 0.05) is 24.8 Å². The standard InChI is InChI=1S/C15H13Cl2N3O3/c1-8-4-13(19-23-8)15(22)20-6-9(7-20)14(21)18-10-2-3-11(16)12(17)5-10/h2-5,9H,6-7H2,1H3,(H,18,21). The molecule has 0 radical (unpaired) electrons. The van der Waals surface area contributed by atoms with E-state index in [0.29, 0.717) is 34.6 Å². The van der Waals surface area contributed by atoms with Crippen molar-refractivity contribution in [2.45, 2.75) is 6.92 Å². The van der Waals surface area contributed by atoms with Crippen molar-refractivity contribution in [2.75, 3.05) is 18.4 Å². The molecular formula is C15H13Cl2N3O3. The topological polar surface area (TPSA) is 75.4 Å². The molecule has 1 aliphatic rings. The zero-order valence-corrected chi connectivity index (χ0v) is 13.7. The Bertz CT molecular complexity index is 769. The summed E-state index contributed by atoms with van der Waals surface area (Å²) in [5, 5.41) is 7.24. The highest BCUT2D eigenvalue weighted by Gasteiger charge is 2.37. The lowest BCUT2D eigenvalue weighted by atomic mass is 9.98. The highest BCUT2D eigenvalue weighted by Crippen LogP contribution is 2.26. The summed E-state index contributed by atoms with van der Waals surface area (Å²) in [6.45, 7) is 2.41. The molecule has 0 atom stereocenters. The number of amides is 2. The Morgan fingerprint density at radius 2 is 2.00 bits per heavy atom. The van der Waals surface area contributed by atoms with E-state index in [1.807, 2.05) is 0 Å². The SMILES string of the molecule is Cc1cc(C(=O)N2CC(C(=O)Nc3ccc(Cl)c(Cl)c3)C2)no1. The second kappa shape index (κ2) is 6.22. The molecule has 0 saturated carbocycles.